The Balaban J connectivity index is 1.39. The second-order valence-electron chi connectivity index (χ2n) is 8.22. The van der Waals surface area contributed by atoms with Gasteiger partial charge < -0.3 is 15.4 Å². The molecule has 4 aromatic carbocycles. The van der Waals surface area contributed by atoms with Crippen molar-refractivity contribution in [1.82, 2.24) is 5.32 Å². The lowest BCUT2D eigenvalue weighted by atomic mass is 10.1. The SMILES string of the molecule is CC(NC(=O)c1cccc(NC(=O)c2ccccc2OCCc2ccccc2)c1)c1ccccc1. The molecule has 1 unspecified atom stereocenters. The van der Waals surface area contributed by atoms with Gasteiger partial charge in [0.2, 0.25) is 0 Å². The molecule has 0 spiro atoms. The van der Waals surface area contributed by atoms with Crippen molar-refractivity contribution in [2.75, 3.05) is 11.9 Å². The topological polar surface area (TPSA) is 67.4 Å². The van der Waals surface area contributed by atoms with Crippen molar-refractivity contribution >= 4 is 17.5 Å². The highest BCUT2D eigenvalue weighted by atomic mass is 16.5. The second-order valence-corrected chi connectivity index (χ2v) is 8.22. The third-order valence-corrected chi connectivity index (χ3v) is 5.65. The summed E-state index contributed by atoms with van der Waals surface area (Å²) in [6.45, 7) is 2.40. The zero-order valence-corrected chi connectivity index (χ0v) is 19.6. The first-order chi connectivity index (χ1) is 17.1. The molecule has 176 valence electrons. The van der Waals surface area contributed by atoms with Crippen molar-refractivity contribution in [2.24, 2.45) is 0 Å². The molecule has 5 heteroatoms. The van der Waals surface area contributed by atoms with Crippen LogP contribution in [0.25, 0.3) is 0 Å². The number of nitrogens with one attached hydrogen (secondary N) is 2. The number of hydrogen-bond donors (Lipinski definition) is 2. The molecule has 0 saturated heterocycles. The maximum Gasteiger partial charge on any atom is 0.259 e. The van der Waals surface area contributed by atoms with Gasteiger partial charge in [0.25, 0.3) is 11.8 Å². The lowest BCUT2D eigenvalue weighted by molar-refractivity contribution is 0.0938. The van der Waals surface area contributed by atoms with E-state index in [0.29, 0.717) is 29.2 Å². The van der Waals surface area contributed by atoms with Crippen LogP contribution in [0.15, 0.2) is 109 Å². The Labute approximate surface area is 205 Å². The molecule has 0 saturated carbocycles. The third kappa shape index (κ3) is 6.58. The van der Waals surface area contributed by atoms with Crippen LogP contribution in [0.1, 0.15) is 44.8 Å². The summed E-state index contributed by atoms with van der Waals surface area (Å²) in [6.07, 6.45) is 0.745. The molecule has 0 aromatic heterocycles. The summed E-state index contributed by atoms with van der Waals surface area (Å²) in [5, 5.41) is 5.89. The van der Waals surface area contributed by atoms with E-state index in [4.69, 9.17) is 4.74 Å². The molecular weight excluding hydrogens is 436 g/mol. The van der Waals surface area contributed by atoms with E-state index in [0.717, 1.165) is 12.0 Å². The summed E-state index contributed by atoms with van der Waals surface area (Å²) in [5.74, 6) is 0.0177. The van der Waals surface area contributed by atoms with E-state index in [1.807, 2.05) is 73.7 Å². The highest BCUT2D eigenvalue weighted by molar-refractivity contribution is 6.06. The van der Waals surface area contributed by atoms with Gasteiger partial charge in [0.15, 0.2) is 0 Å². The summed E-state index contributed by atoms with van der Waals surface area (Å²) in [5.41, 5.74) is 3.64. The number of carbonyl (C=O) groups is 2. The van der Waals surface area contributed by atoms with Gasteiger partial charge >= 0.3 is 0 Å². The van der Waals surface area contributed by atoms with Gasteiger partial charge in [0.1, 0.15) is 5.75 Å². The van der Waals surface area contributed by atoms with Gasteiger partial charge in [-0.25, -0.2) is 0 Å². The normalized spacial score (nSPS) is 11.3. The summed E-state index contributed by atoms with van der Waals surface area (Å²) in [7, 11) is 0. The van der Waals surface area contributed by atoms with Crippen molar-refractivity contribution < 1.29 is 14.3 Å². The predicted molar refractivity (Wildman–Crippen MR) is 139 cm³/mol. The van der Waals surface area contributed by atoms with Crippen LogP contribution in [-0.4, -0.2) is 18.4 Å². The number of anilines is 1. The van der Waals surface area contributed by atoms with E-state index in [-0.39, 0.29) is 17.9 Å². The summed E-state index contributed by atoms with van der Waals surface area (Å²) in [6, 6.07) is 33.8. The smallest absolute Gasteiger partial charge is 0.259 e. The summed E-state index contributed by atoms with van der Waals surface area (Å²) < 4.78 is 5.92. The van der Waals surface area contributed by atoms with Gasteiger partial charge in [-0.3, -0.25) is 9.59 Å². The standard InChI is InChI=1S/C30H28N2O3/c1-22(24-13-6-3-7-14-24)31-29(33)25-15-10-16-26(21-25)32-30(34)27-17-8-9-18-28(27)35-20-19-23-11-4-2-5-12-23/h2-18,21-22H,19-20H2,1H3,(H,31,33)(H,32,34). The van der Waals surface area contributed by atoms with Gasteiger partial charge in [-0.1, -0.05) is 78.9 Å². The molecule has 0 aliphatic heterocycles. The number of carbonyl (C=O) groups excluding carboxylic acids is 2. The molecule has 0 aliphatic rings. The molecule has 1 atom stereocenters. The molecule has 0 fully saturated rings. The van der Waals surface area contributed by atoms with Crippen LogP contribution < -0.4 is 15.4 Å². The van der Waals surface area contributed by atoms with Crippen molar-refractivity contribution in [3.63, 3.8) is 0 Å². The fourth-order valence-electron chi connectivity index (χ4n) is 3.75. The third-order valence-electron chi connectivity index (χ3n) is 5.65. The first-order valence-electron chi connectivity index (χ1n) is 11.6. The van der Waals surface area contributed by atoms with Crippen molar-refractivity contribution in [1.29, 1.82) is 0 Å². The van der Waals surface area contributed by atoms with Crippen LogP contribution >= 0.6 is 0 Å². The van der Waals surface area contributed by atoms with E-state index >= 15 is 0 Å². The van der Waals surface area contributed by atoms with E-state index in [1.165, 1.54) is 5.56 Å². The molecule has 0 heterocycles. The van der Waals surface area contributed by atoms with Crippen LogP contribution in [0.5, 0.6) is 5.75 Å². The largest absolute Gasteiger partial charge is 0.492 e. The fourth-order valence-corrected chi connectivity index (χ4v) is 3.75. The Morgan fingerprint density at radius 1 is 0.771 bits per heavy atom. The average Bonchev–Trinajstić information content (AvgIpc) is 2.90. The van der Waals surface area contributed by atoms with Gasteiger partial charge in [-0.2, -0.15) is 0 Å². The molecule has 4 aromatic rings. The summed E-state index contributed by atoms with van der Waals surface area (Å²) in [4.78, 5) is 25.8. The van der Waals surface area contributed by atoms with Crippen molar-refractivity contribution in [3.05, 3.63) is 131 Å². The van der Waals surface area contributed by atoms with Crippen LogP contribution in [0.4, 0.5) is 5.69 Å². The monoisotopic (exact) mass is 464 g/mol. The van der Waals surface area contributed by atoms with Gasteiger partial charge in [-0.15, -0.1) is 0 Å². The first-order valence-corrected chi connectivity index (χ1v) is 11.6. The average molecular weight is 465 g/mol. The lowest BCUT2D eigenvalue weighted by Crippen LogP contribution is -2.26. The summed E-state index contributed by atoms with van der Waals surface area (Å²) >= 11 is 0. The van der Waals surface area contributed by atoms with E-state index in [1.54, 1.807) is 42.5 Å². The Morgan fingerprint density at radius 3 is 2.23 bits per heavy atom. The van der Waals surface area contributed by atoms with Crippen LogP contribution in [-0.2, 0) is 6.42 Å². The number of amides is 2. The number of ether oxygens (including phenoxy) is 1. The van der Waals surface area contributed by atoms with Crippen LogP contribution in [0.2, 0.25) is 0 Å². The fraction of sp³-hybridized carbons (Fsp3) is 0.133. The zero-order chi connectivity index (χ0) is 24.5. The van der Waals surface area contributed by atoms with Crippen LogP contribution in [0, 0.1) is 0 Å². The molecule has 0 radical (unpaired) electrons. The van der Waals surface area contributed by atoms with Crippen molar-refractivity contribution in [3.8, 4) is 5.75 Å². The quantitative estimate of drug-likeness (QED) is 0.317. The lowest BCUT2D eigenvalue weighted by Gasteiger charge is -2.15. The first kappa shape index (κ1) is 23.8. The molecule has 2 N–H and O–H groups in total. The van der Waals surface area contributed by atoms with Crippen LogP contribution in [0.3, 0.4) is 0 Å². The molecule has 5 nitrogen and oxygen atoms in total. The molecule has 0 aliphatic carbocycles. The minimum absolute atomic E-state index is 0.137. The van der Waals surface area contributed by atoms with Gasteiger partial charge in [0.05, 0.1) is 18.2 Å². The molecule has 2 amide bonds. The Bertz CT molecular complexity index is 1270. The maximum absolute atomic E-state index is 13.0. The van der Waals surface area contributed by atoms with E-state index < -0.39 is 0 Å². The minimum Gasteiger partial charge on any atom is -0.492 e. The molecular formula is C30H28N2O3. The second kappa shape index (κ2) is 11.7. The van der Waals surface area contributed by atoms with Crippen molar-refractivity contribution in [2.45, 2.75) is 19.4 Å². The molecule has 0 bridgehead atoms. The number of para-hydroxylation sites is 1. The minimum atomic E-state index is -0.296. The zero-order valence-electron chi connectivity index (χ0n) is 19.6. The Morgan fingerprint density at radius 2 is 1.46 bits per heavy atom. The molecule has 4 rings (SSSR count). The van der Waals surface area contributed by atoms with E-state index in [2.05, 4.69) is 10.6 Å². The Kier molecular flexibility index (Phi) is 7.92. The number of hydrogen-bond acceptors (Lipinski definition) is 3. The highest BCUT2D eigenvalue weighted by Gasteiger charge is 2.15. The van der Waals surface area contributed by atoms with Gasteiger partial charge in [0, 0.05) is 17.7 Å². The van der Waals surface area contributed by atoms with Gasteiger partial charge in [-0.05, 0) is 48.4 Å². The number of benzene rings is 4. The van der Waals surface area contributed by atoms with E-state index in [9.17, 15) is 9.59 Å². The maximum atomic E-state index is 13.0. The number of rotatable bonds is 9. The highest BCUT2D eigenvalue weighted by Crippen LogP contribution is 2.21. The predicted octanol–water partition coefficient (Wildman–Crippen LogP) is 6.05. The molecule has 35 heavy (non-hydrogen) atoms. The Hall–Kier alpha value is -4.38.